The lowest BCUT2D eigenvalue weighted by Gasteiger charge is -2.16. The maximum atomic E-state index is 11.3. The molecule has 0 saturated carbocycles. The molecule has 1 unspecified atom stereocenters. The van der Waals surface area contributed by atoms with Gasteiger partial charge in [-0.3, -0.25) is 4.79 Å². The summed E-state index contributed by atoms with van der Waals surface area (Å²) in [5.41, 5.74) is 4.71. The van der Waals surface area contributed by atoms with E-state index in [2.05, 4.69) is 12.2 Å². The van der Waals surface area contributed by atoms with Gasteiger partial charge in [-0.1, -0.05) is 0 Å². The molecule has 0 aliphatic rings. The molecular formula is C15H23NO3. The van der Waals surface area contributed by atoms with Crippen LogP contribution in [0.25, 0.3) is 0 Å². The van der Waals surface area contributed by atoms with Crippen molar-refractivity contribution >= 4 is 5.91 Å². The lowest BCUT2D eigenvalue weighted by Crippen LogP contribution is -2.34. The predicted molar refractivity (Wildman–Crippen MR) is 75.6 cm³/mol. The number of hydrogen-bond acceptors (Lipinski definition) is 3. The van der Waals surface area contributed by atoms with Crippen molar-refractivity contribution in [3.05, 3.63) is 28.3 Å². The molecule has 106 valence electrons. The SMILES string of the molecule is COc1cc(C)c(CCNC(=O)C(C)O)c(C)c1C. The maximum Gasteiger partial charge on any atom is 0.248 e. The minimum atomic E-state index is -0.959. The molecule has 1 rings (SSSR count). The molecule has 0 fully saturated rings. The zero-order valence-corrected chi connectivity index (χ0v) is 12.3. The molecule has 19 heavy (non-hydrogen) atoms. The minimum absolute atomic E-state index is 0.333. The van der Waals surface area contributed by atoms with Crippen LogP contribution in [0.4, 0.5) is 0 Å². The second kappa shape index (κ2) is 6.57. The Morgan fingerprint density at radius 3 is 2.53 bits per heavy atom. The van der Waals surface area contributed by atoms with Crippen LogP contribution >= 0.6 is 0 Å². The van der Waals surface area contributed by atoms with Gasteiger partial charge in [0.1, 0.15) is 11.9 Å². The normalized spacial score (nSPS) is 12.1. The van der Waals surface area contributed by atoms with E-state index in [1.807, 2.05) is 19.9 Å². The van der Waals surface area contributed by atoms with Gasteiger partial charge >= 0.3 is 0 Å². The molecule has 0 aromatic heterocycles. The number of benzene rings is 1. The lowest BCUT2D eigenvalue weighted by atomic mass is 9.95. The number of rotatable bonds is 5. The molecule has 2 N–H and O–H groups in total. The molecule has 1 amide bonds. The van der Waals surface area contributed by atoms with Crippen molar-refractivity contribution in [2.75, 3.05) is 13.7 Å². The van der Waals surface area contributed by atoms with Crippen molar-refractivity contribution in [1.29, 1.82) is 0 Å². The van der Waals surface area contributed by atoms with Crippen molar-refractivity contribution in [2.24, 2.45) is 0 Å². The Balaban J connectivity index is 2.79. The molecule has 0 aliphatic heterocycles. The molecule has 0 bridgehead atoms. The average Bonchev–Trinajstić information content (AvgIpc) is 2.37. The fraction of sp³-hybridized carbons (Fsp3) is 0.533. The number of carbonyl (C=O) groups is 1. The number of amides is 1. The van der Waals surface area contributed by atoms with E-state index in [1.54, 1.807) is 7.11 Å². The Hall–Kier alpha value is -1.55. The highest BCUT2D eigenvalue weighted by molar-refractivity contribution is 5.79. The number of ether oxygens (including phenoxy) is 1. The van der Waals surface area contributed by atoms with Crippen LogP contribution in [0.3, 0.4) is 0 Å². The summed E-state index contributed by atoms with van der Waals surface area (Å²) in [7, 11) is 1.67. The smallest absolute Gasteiger partial charge is 0.248 e. The van der Waals surface area contributed by atoms with Crippen LogP contribution in [-0.2, 0) is 11.2 Å². The largest absolute Gasteiger partial charge is 0.496 e. The van der Waals surface area contributed by atoms with Crippen LogP contribution in [-0.4, -0.2) is 30.8 Å². The van der Waals surface area contributed by atoms with E-state index in [0.29, 0.717) is 6.54 Å². The lowest BCUT2D eigenvalue weighted by molar-refractivity contribution is -0.128. The van der Waals surface area contributed by atoms with Crippen LogP contribution in [0.2, 0.25) is 0 Å². The van der Waals surface area contributed by atoms with E-state index in [-0.39, 0.29) is 5.91 Å². The Morgan fingerprint density at radius 1 is 1.37 bits per heavy atom. The first-order valence-corrected chi connectivity index (χ1v) is 6.48. The summed E-state index contributed by atoms with van der Waals surface area (Å²) >= 11 is 0. The van der Waals surface area contributed by atoms with Gasteiger partial charge in [0, 0.05) is 6.54 Å². The van der Waals surface area contributed by atoms with Gasteiger partial charge in [-0.15, -0.1) is 0 Å². The summed E-state index contributed by atoms with van der Waals surface area (Å²) in [6.07, 6.45) is -0.208. The fourth-order valence-corrected chi connectivity index (χ4v) is 2.15. The van der Waals surface area contributed by atoms with E-state index in [1.165, 1.54) is 18.1 Å². The number of aliphatic hydroxyl groups excluding tert-OH is 1. The second-order valence-electron chi connectivity index (χ2n) is 4.84. The Bertz CT molecular complexity index is 467. The van der Waals surface area contributed by atoms with E-state index in [0.717, 1.165) is 23.3 Å². The predicted octanol–water partition coefficient (Wildman–Crippen LogP) is 1.66. The zero-order chi connectivity index (χ0) is 14.6. The van der Waals surface area contributed by atoms with Crippen LogP contribution in [0.1, 0.15) is 29.2 Å². The van der Waals surface area contributed by atoms with E-state index >= 15 is 0 Å². The van der Waals surface area contributed by atoms with Gasteiger partial charge in [-0.05, 0) is 62.4 Å². The maximum absolute atomic E-state index is 11.3. The number of methoxy groups -OCH3 is 1. The van der Waals surface area contributed by atoms with Gasteiger partial charge < -0.3 is 15.2 Å². The molecule has 1 aromatic rings. The average molecular weight is 265 g/mol. The Kier molecular flexibility index (Phi) is 5.36. The van der Waals surface area contributed by atoms with Crippen molar-refractivity contribution in [3.63, 3.8) is 0 Å². The second-order valence-corrected chi connectivity index (χ2v) is 4.84. The standard InChI is InChI=1S/C15H23NO3/c1-9-8-14(19-5)11(3)10(2)13(9)6-7-16-15(18)12(4)17/h8,12,17H,6-7H2,1-5H3,(H,16,18). The van der Waals surface area contributed by atoms with Crippen LogP contribution < -0.4 is 10.1 Å². The molecule has 4 nitrogen and oxygen atoms in total. The third-order valence-corrected chi connectivity index (χ3v) is 3.48. The van der Waals surface area contributed by atoms with Crippen molar-refractivity contribution < 1.29 is 14.6 Å². The summed E-state index contributed by atoms with van der Waals surface area (Å²) in [6, 6.07) is 2.02. The summed E-state index contributed by atoms with van der Waals surface area (Å²) in [6.45, 7) is 8.13. The van der Waals surface area contributed by atoms with Crippen molar-refractivity contribution in [2.45, 2.75) is 40.2 Å². The molecule has 0 radical (unpaired) electrons. The first-order chi connectivity index (χ1) is 8.88. The molecule has 0 saturated heterocycles. The van der Waals surface area contributed by atoms with Gasteiger partial charge in [0.25, 0.3) is 0 Å². The molecule has 1 atom stereocenters. The highest BCUT2D eigenvalue weighted by Crippen LogP contribution is 2.27. The summed E-state index contributed by atoms with van der Waals surface area (Å²) in [5, 5.41) is 11.8. The molecule has 0 spiro atoms. The molecule has 0 heterocycles. The van der Waals surface area contributed by atoms with Crippen LogP contribution in [0.5, 0.6) is 5.75 Å². The topological polar surface area (TPSA) is 58.6 Å². The molecule has 0 aliphatic carbocycles. The molecule has 4 heteroatoms. The number of carbonyl (C=O) groups excluding carboxylic acids is 1. The zero-order valence-electron chi connectivity index (χ0n) is 12.3. The first-order valence-electron chi connectivity index (χ1n) is 6.48. The number of aryl methyl sites for hydroxylation is 1. The Labute approximate surface area is 114 Å². The number of nitrogens with one attached hydrogen (secondary N) is 1. The van der Waals surface area contributed by atoms with Crippen molar-refractivity contribution in [3.8, 4) is 5.75 Å². The van der Waals surface area contributed by atoms with Gasteiger partial charge in [-0.2, -0.15) is 0 Å². The van der Waals surface area contributed by atoms with Crippen molar-refractivity contribution in [1.82, 2.24) is 5.32 Å². The Morgan fingerprint density at radius 2 is 2.00 bits per heavy atom. The first kappa shape index (κ1) is 15.5. The highest BCUT2D eigenvalue weighted by Gasteiger charge is 2.12. The third kappa shape index (κ3) is 3.70. The summed E-state index contributed by atoms with van der Waals surface area (Å²) in [4.78, 5) is 11.3. The van der Waals surface area contributed by atoms with E-state index < -0.39 is 6.10 Å². The van der Waals surface area contributed by atoms with Gasteiger partial charge in [-0.25, -0.2) is 0 Å². The summed E-state index contributed by atoms with van der Waals surface area (Å²) < 4.78 is 5.33. The van der Waals surface area contributed by atoms with Gasteiger partial charge in [0.2, 0.25) is 5.91 Å². The quantitative estimate of drug-likeness (QED) is 0.851. The minimum Gasteiger partial charge on any atom is -0.496 e. The summed E-state index contributed by atoms with van der Waals surface area (Å²) in [5.74, 6) is 0.562. The highest BCUT2D eigenvalue weighted by atomic mass is 16.5. The van der Waals surface area contributed by atoms with Gasteiger partial charge in [0.15, 0.2) is 0 Å². The monoisotopic (exact) mass is 265 g/mol. The third-order valence-electron chi connectivity index (χ3n) is 3.48. The molecular weight excluding hydrogens is 242 g/mol. The number of aliphatic hydroxyl groups is 1. The van der Waals surface area contributed by atoms with E-state index in [9.17, 15) is 4.79 Å². The number of hydrogen-bond donors (Lipinski definition) is 2. The fourth-order valence-electron chi connectivity index (χ4n) is 2.15. The molecule has 1 aromatic carbocycles. The van der Waals surface area contributed by atoms with Gasteiger partial charge in [0.05, 0.1) is 7.11 Å². The van der Waals surface area contributed by atoms with E-state index in [4.69, 9.17) is 9.84 Å². The van der Waals surface area contributed by atoms with Crippen LogP contribution in [0.15, 0.2) is 6.07 Å². The van der Waals surface area contributed by atoms with Crippen LogP contribution in [0, 0.1) is 20.8 Å².